The van der Waals surface area contributed by atoms with Crippen LogP contribution in [0, 0.1) is 0 Å². The van der Waals surface area contributed by atoms with Crippen molar-refractivity contribution < 1.29 is 4.42 Å². The highest BCUT2D eigenvalue weighted by Gasteiger charge is 2.19. The van der Waals surface area contributed by atoms with Crippen LogP contribution < -0.4 is 4.90 Å². The van der Waals surface area contributed by atoms with Crippen molar-refractivity contribution in [2.45, 2.75) is 0 Å². The molecule has 0 spiro atoms. The van der Waals surface area contributed by atoms with Gasteiger partial charge in [-0.1, -0.05) is 140 Å². The van der Waals surface area contributed by atoms with Crippen LogP contribution in [0.5, 0.6) is 0 Å². The maximum Gasteiger partial charge on any atom is 0.137 e. The van der Waals surface area contributed by atoms with Crippen LogP contribution >= 0.6 is 0 Å². The second-order valence-electron chi connectivity index (χ2n) is 12.2. The minimum absolute atomic E-state index is 0.877. The summed E-state index contributed by atoms with van der Waals surface area (Å²) in [5, 5.41) is 4.69. The number of fused-ring (bicyclic) bond motifs is 4. The van der Waals surface area contributed by atoms with Gasteiger partial charge in [0.1, 0.15) is 11.2 Å². The van der Waals surface area contributed by atoms with Crippen molar-refractivity contribution in [2.24, 2.45) is 0 Å². The van der Waals surface area contributed by atoms with Crippen LogP contribution in [0.25, 0.3) is 66.1 Å². The smallest absolute Gasteiger partial charge is 0.137 e. The zero-order valence-corrected chi connectivity index (χ0v) is 26.3. The van der Waals surface area contributed by atoms with E-state index in [0.29, 0.717) is 0 Å². The standard InChI is InChI=1S/C46H31NO/c1-3-11-32(12-4-1)34-21-26-38(27-22-34)47(43-18-10-20-45-46(43)42-16-7-8-19-44(42)48-45)39-28-23-35(24-29-39)40-17-9-15-37-31-36(25-30-41(37)40)33-13-5-2-6-14-33/h1-31H. The van der Waals surface area contributed by atoms with Crippen LogP contribution in [0.1, 0.15) is 0 Å². The van der Waals surface area contributed by atoms with Gasteiger partial charge in [0.2, 0.25) is 0 Å². The number of nitrogens with zero attached hydrogens (tertiary/aromatic N) is 1. The highest BCUT2D eigenvalue weighted by molar-refractivity contribution is 6.13. The third-order valence-electron chi connectivity index (χ3n) is 9.28. The Morgan fingerprint density at radius 3 is 1.65 bits per heavy atom. The number of hydrogen-bond donors (Lipinski definition) is 0. The minimum atomic E-state index is 0.877. The Morgan fingerprint density at radius 1 is 0.354 bits per heavy atom. The molecule has 0 saturated heterocycles. The number of benzene rings is 8. The molecule has 226 valence electrons. The lowest BCUT2D eigenvalue weighted by Gasteiger charge is -2.26. The van der Waals surface area contributed by atoms with E-state index >= 15 is 0 Å². The van der Waals surface area contributed by atoms with Gasteiger partial charge in [-0.25, -0.2) is 0 Å². The lowest BCUT2D eigenvalue weighted by molar-refractivity contribution is 0.669. The highest BCUT2D eigenvalue weighted by Crippen LogP contribution is 2.44. The average Bonchev–Trinajstić information content (AvgIpc) is 3.55. The van der Waals surface area contributed by atoms with Crippen molar-refractivity contribution in [2.75, 3.05) is 4.90 Å². The molecule has 1 heterocycles. The SMILES string of the molecule is c1ccc(-c2ccc(N(c3ccc(-c4cccc5cc(-c6ccccc6)ccc45)cc3)c3cccc4oc5ccccc5c34)cc2)cc1. The van der Waals surface area contributed by atoms with E-state index in [-0.39, 0.29) is 0 Å². The molecule has 0 bridgehead atoms. The largest absolute Gasteiger partial charge is 0.456 e. The summed E-state index contributed by atoms with van der Waals surface area (Å²) in [5.41, 5.74) is 12.3. The Kier molecular flexibility index (Phi) is 6.84. The molecule has 8 aromatic carbocycles. The monoisotopic (exact) mass is 613 g/mol. The molecule has 0 atom stereocenters. The van der Waals surface area contributed by atoms with Crippen LogP contribution in [-0.2, 0) is 0 Å². The highest BCUT2D eigenvalue weighted by atomic mass is 16.3. The van der Waals surface area contributed by atoms with Gasteiger partial charge in [-0.05, 0) is 92.7 Å². The Bertz CT molecular complexity index is 2530. The van der Waals surface area contributed by atoms with Crippen molar-refractivity contribution in [1.29, 1.82) is 0 Å². The second kappa shape index (κ2) is 11.8. The number of furan rings is 1. The van der Waals surface area contributed by atoms with E-state index in [4.69, 9.17) is 4.42 Å². The fourth-order valence-corrected chi connectivity index (χ4v) is 6.94. The summed E-state index contributed by atoms with van der Waals surface area (Å²) in [7, 11) is 0. The minimum Gasteiger partial charge on any atom is -0.456 e. The number of rotatable bonds is 6. The van der Waals surface area contributed by atoms with Crippen LogP contribution in [-0.4, -0.2) is 0 Å². The predicted molar refractivity (Wildman–Crippen MR) is 202 cm³/mol. The third kappa shape index (κ3) is 4.92. The molecule has 48 heavy (non-hydrogen) atoms. The molecule has 0 radical (unpaired) electrons. The van der Waals surface area contributed by atoms with E-state index in [0.717, 1.165) is 39.0 Å². The van der Waals surface area contributed by atoms with Crippen molar-refractivity contribution >= 4 is 49.8 Å². The van der Waals surface area contributed by atoms with Crippen LogP contribution in [0.2, 0.25) is 0 Å². The summed E-state index contributed by atoms with van der Waals surface area (Å²) in [6.45, 7) is 0. The summed E-state index contributed by atoms with van der Waals surface area (Å²) < 4.78 is 6.32. The first-order valence-corrected chi connectivity index (χ1v) is 16.3. The van der Waals surface area contributed by atoms with Crippen LogP contribution in [0.3, 0.4) is 0 Å². The molecule has 0 amide bonds. The molecule has 0 N–H and O–H groups in total. The first-order chi connectivity index (χ1) is 23.8. The summed E-state index contributed by atoms with van der Waals surface area (Å²) in [6.07, 6.45) is 0. The maximum atomic E-state index is 6.32. The zero-order chi connectivity index (χ0) is 31.9. The Labute approximate surface area is 279 Å². The van der Waals surface area contributed by atoms with Gasteiger partial charge in [0.05, 0.1) is 11.1 Å². The summed E-state index contributed by atoms with van der Waals surface area (Å²) in [5.74, 6) is 0. The molecule has 0 fully saturated rings. The summed E-state index contributed by atoms with van der Waals surface area (Å²) in [4.78, 5) is 2.35. The first-order valence-electron chi connectivity index (χ1n) is 16.3. The van der Waals surface area contributed by atoms with Gasteiger partial charge in [0.25, 0.3) is 0 Å². The number of anilines is 3. The normalized spacial score (nSPS) is 11.3. The first kappa shape index (κ1) is 27.9. The van der Waals surface area contributed by atoms with Gasteiger partial charge in [0.15, 0.2) is 0 Å². The molecule has 0 aliphatic rings. The van der Waals surface area contributed by atoms with E-state index in [9.17, 15) is 0 Å². The van der Waals surface area contributed by atoms with E-state index in [1.807, 2.05) is 12.1 Å². The summed E-state index contributed by atoms with van der Waals surface area (Å²) >= 11 is 0. The molecule has 2 heteroatoms. The molecule has 0 aliphatic carbocycles. The van der Waals surface area contributed by atoms with Gasteiger partial charge in [-0.3, -0.25) is 0 Å². The molecular weight excluding hydrogens is 583 g/mol. The quantitative estimate of drug-likeness (QED) is 0.185. The maximum absolute atomic E-state index is 6.32. The number of para-hydroxylation sites is 1. The molecule has 9 aromatic rings. The summed E-state index contributed by atoms with van der Waals surface area (Å²) in [6, 6.07) is 66.9. The van der Waals surface area contributed by atoms with Crippen molar-refractivity contribution in [3.63, 3.8) is 0 Å². The topological polar surface area (TPSA) is 16.4 Å². The van der Waals surface area contributed by atoms with Crippen LogP contribution in [0.15, 0.2) is 192 Å². The van der Waals surface area contributed by atoms with Crippen molar-refractivity contribution in [1.82, 2.24) is 0 Å². The zero-order valence-electron chi connectivity index (χ0n) is 26.3. The van der Waals surface area contributed by atoms with E-state index in [1.165, 1.54) is 44.2 Å². The van der Waals surface area contributed by atoms with Gasteiger partial charge in [-0.15, -0.1) is 0 Å². The van der Waals surface area contributed by atoms with Gasteiger partial charge < -0.3 is 9.32 Å². The fraction of sp³-hybridized carbons (Fsp3) is 0. The fourth-order valence-electron chi connectivity index (χ4n) is 6.94. The van der Waals surface area contributed by atoms with E-state index in [2.05, 4.69) is 181 Å². The molecule has 0 aliphatic heterocycles. The Morgan fingerprint density at radius 2 is 0.917 bits per heavy atom. The van der Waals surface area contributed by atoms with E-state index in [1.54, 1.807) is 0 Å². The Hall–Kier alpha value is -6.38. The molecule has 2 nitrogen and oxygen atoms in total. The van der Waals surface area contributed by atoms with Gasteiger partial charge in [-0.2, -0.15) is 0 Å². The second-order valence-corrected chi connectivity index (χ2v) is 12.2. The van der Waals surface area contributed by atoms with Crippen LogP contribution in [0.4, 0.5) is 17.1 Å². The average molecular weight is 614 g/mol. The molecule has 1 aromatic heterocycles. The molecule has 0 unspecified atom stereocenters. The third-order valence-corrected chi connectivity index (χ3v) is 9.28. The lowest BCUT2D eigenvalue weighted by Crippen LogP contribution is -2.10. The predicted octanol–water partition coefficient (Wildman–Crippen LogP) is 13.2. The molecule has 9 rings (SSSR count). The van der Waals surface area contributed by atoms with E-state index < -0.39 is 0 Å². The van der Waals surface area contributed by atoms with Gasteiger partial charge >= 0.3 is 0 Å². The number of hydrogen-bond acceptors (Lipinski definition) is 2. The van der Waals surface area contributed by atoms with Gasteiger partial charge in [0, 0.05) is 16.8 Å². The van der Waals surface area contributed by atoms with Crippen molar-refractivity contribution in [3.05, 3.63) is 188 Å². The Balaban J connectivity index is 1.16. The van der Waals surface area contributed by atoms with Crippen molar-refractivity contribution in [3.8, 4) is 33.4 Å². The lowest BCUT2D eigenvalue weighted by atomic mass is 9.95. The molecular formula is C46H31NO. The molecule has 0 saturated carbocycles.